The van der Waals surface area contributed by atoms with Crippen molar-refractivity contribution in [3.63, 3.8) is 0 Å². The molecule has 1 amide bonds. The minimum Gasteiger partial charge on any atom is -0.479 e. The van der Waals surface area contributed by atoms with Crippen LogP contribution in [0.25, 0.3) is 0 Å². The van der Waals surface area contributed by atoms with E-state index in [1.165, 1.54) is 13.4 Å². The second-order valence-electron chi connectivity index (χ2n) is 3.71. The zero-order valence-corrected chi connectivity index (χ0v) is 10.3. The summed E-state index contributed by atoms with van der Waals surface area (Å²) in [5.41, 5.74) is 12.5. The Morgan fingerprint density at radius 3 is 2.53 bits per heavy atom. The summed E-state index contributed by atoms with van der Waals surface area (Å²) in [6.07, 6.45) is 1.34. The monoisotopic (exact) mass is 259 g/mol. The van der Waals surface area contributed by atoms with Crippen molar-refractivity contribution in [3.8, 4) is 5.88 Å². The molecule has 7 heteroatoms. The molecule has 0 saturated carbocycles. The Bertz CT molecular complexity index is 598. The highest BCUT2D eigenvalue weighted by Gasteiger charge is 2.08. The number of carbonyl (C=O) groups excluding carboxylic acids is 1. The standard InChI is InChI=1S/C12H13N5O2/c1-19-12-9(13)11(15-6-16-12)17-8-4-2-7(3-5-8)10(14)18/h2-6H,13H2,1H3,(H2,14,18)(H,15,16,17). The highest BCUT2D eigenvalue weighted by molar-refractivity contribution is 5.93. The Morgan fingerprint density at radius 2 is 1.95 bits per heavy atom. The van der Waals surface area contributed by atoms with Gasteiger partial charge in [0.1, 0.15) is 12.0 Å². The van der Waals surface area contributed by atoms with Crippen LogP contribution >= 0.6 is 0 Å². The summed E-state index contributed by atoms with van der Waals surface area (Å²) in [4.78, 5) is 18.9. The molecule has 0 bridgehead atoms. The maximum absolute atomic E-state index is 11.0. The van der Waals surface area contributed by atoms with Gasteiger partial charge in [-0.2, -0.15) is 4.98 Å². The van der Waals surface area contributed by atoms with Crippen molar-refractivity contribution in [1.29, 1.82) is 0 Å². The van der Waals surface area contributed by atoms with Gasteiger partial charge in [-0.05, 0) is 24.3 Å². The number of benzene rings is 1. The second-order valence-corrected chi connectivity index (χ2v) is 3.71. The van der Waals surface area contributed by atoms with Crippen LogP contribution in [0.3, 0.4) is 0 Å². The Kier molecular flexibility index (Phi) is 3.46. The minimum absolute atomic E-state index is 0.297. The molecule has 1 aromatic carbocycles. The van der Waals surface area contributed by atoms with Gasteiger partial charge >= 0.3 is 0 Å². The molecule has 0 aliphatic rings. The van der Waals surface area contributed by atoms with E-state index in [1.54, 1.807) is 24.3 Å². The van der Waals surface area contributed by atoms with Crippen LogP contribution in [0.2, 0.25) is 0 Å². The predicted molar refractivity (Wildman–Crippen MR) is 71.2 cm³/mol. The fourth-order valence-corrected chi connectivity index (χ4v) is 1.50. The van der Waals surface area contributed by atoms with Gasteiger partial charge in [0.25, 0.3) is 0 Å². The molecule has 0 saturated heterocycles. The van der Waals surface area contributed by atoms with Gasteiger partial charge in [0, 0.05) is 11.3 Å². The Balaban J connectivity index is 2.24. The van der Waals surface area contributed by atoms with Gasteiger partial charge < -0.3 is 21.5 Å². The first-order chi connectivity index (χ1) is 9.11. The number of amides is 1. The number of rotatable bonds is 4. The molecule has 1 heterocycles. The number of nitrogen functional groups attached to an aromatic ring is 1. The second kappa shape index (κ2) is 5.21. The third kappa shape index (κ3) is 2.71. The van der Waals surface area contributed by atoms with Gasteiger partial charge in [0.2, 0.25) is 11.8 Å². The van der Waals surface area contributed by atoms with Gasteiger partial charge in [0.05, 0.1) is 7.11 Å². The number of nitrogens with two attached hydrogens (primary N) is 2. The number of aromatic nitrogens is 2. The maximum atomic E-state index is 11.0. The number of ether oxygens (including phenoxy) is 1. The number of nitrogens with zero attached hydrogens (tertiary/aromatic N) is 2. The molecule has 0 unspecified atom stereocenters. The number of carbonyl (C=O) groups is 1. The molecular weight excluding hydrogens is 246 g/mol. The molecule has 0 fully saturated rings. The van der Waals surface area contributed by atoms with Gasteiger partial charge in [-0.25, -0.2) is 4.98 Å². The predicted octanol–water partition coefficient (Wildman–Crippen LogP) is 0.910. The molecule has 2 rings (SSSR count). The number of anilines is 3. The number of primary amides is 1. The molecule has 5 N–H and O–H groups in total. The zero-order valence-electron chi connectivity index (χ0n) is 10.3. The van der Waals surface area contributed by atoms with Gasteiger partial charge in [0.15, 0.2) is 5.82 Å². The number of hydrogen-bond donors (Lipinski definition) is 3. The summed E-state index contributed by atoms with van der Waals surface area (Å²) in [6.45, 7) is 0. The van der Waals surface area contributed by atoms with E-state index in [0.717, 1.165) is 5.69 Å². The van der Waals surface area contributed by atoms with E-state index in [2.05, 4.69) is 15.3 Å². The smallest absolute Gasteiger partial charge is 0.248 e. The summed E-state index contributed by atoms with van der Waals surface area (Å²) < 4.78 is 5.00. The summed E-state index contributed by atoms with van der Waals surface area (Å²) in [5, 5.41) is 3.00. The fourth-order valence-electron chi connectivity index (χ4n) is 1.50. The van der Waals surface area contributed by atoms with Gasteiger partial charge in [-0.15, -0.1) is 0 Å². The lowest BCUT2D eigenvalue weighted by atomic mass is 10.2. The van der Waals surface area contributed by atoms with Crippen LogP contribution in [0.15, 0.2) is 30.6 Å². The largest absolute Gasteiger partial charge is 0.479 e. The van der Waals surface area contributed by atoms with Crippen molar-refractivity contribution in [3.05, 3.63) is 36.2 Å². The third-order valence-electron chi connectivity index (χ3n) is 2.47. The highest BCUT2D eigenvalue weighted by Crippen LogP contribution is 2.26. The average molecular weight is 259 g/mol. The summed E-state index contributed by atoms with van der Waals surface area (Å²) in [7, 11) is 1.48. The Morgan fingerprint density at radius 1 is 1.26 bits per heavy atom. The molecule has 0 spiro atoms. The molecule has 0 radical (unpaired) electrons. The first-order valence-electron chi connectivity index (χ1n) is 5.43. The molecule has 98 valence electrons. The maximum Gasteiger partial charge on any atom is 0.248 e. The summed E-state index contributed by atoms with van der Waals surface area (Å²) in [6, 6.07) is 6.63. The molecule has 0 atom stereocenters. The van der Waals surface area contributed by atoms with Gasteiger partial charge in [-0.1, -0.05) is 0 Å². The fraction of sp³-hybridized carbons (Fsp3) is 0.0833. The van der Waals surface area contributed by atoms with Crippen LogP contribution in [0.1, 0.15) is 10.4 Å². The summed E-state index contributed by atoms with van der Waals surface area (Å²) in [5.74, 6) is 0.250. The SMILES string of the molecule is COc1ncnc(Nc2ccc(C(N)=O)cc2)c1N. The molecule has 7 nitrogen and oxygen atoms in total. The molecule has 1 aromatic heterocycles. The lowest BCUT2D eigenvalue weighted by molar-refractivity contribution is 0.100. The van der Waals surface area contributed by atoms with E-state index < -0.39 is 5.91 Å². The molecular formula is C12H13N5O2. The van der Waals surface area contributed by atoms with Crippen molar-refractivity contribution >= 4 is 23.1 Å². The zero-order chi connectivity index (χ0) is 13.8. The topological polar surface area (TPSA) is 116 Å². The highest BCUT2D eigenvalue weighted by atomic mass is 16.5. The Hall–Kier alpha value is -2.83. The van der Waals surface area contributed by atoms with Crippen molar-refractivity contribution in [2.24, 2.45) is 5.73 Å². The minimum atomic E-state index is -0.477. The van der Waals surface area contributed by atoms with E-state index in [9.17, 15) is 4.79 Å². The van der Waals surface area contributed by atoms with Crippen LogP contribution in [0.5, 0.6) is 5.88 Å². The van der Waals surface area contributed by atoms with Crippen LogP contribution in [0.4, 0.5) is 17.2 Å². The van der Waals surface area contributed by atoms with Crippen LogP contribution in [-0.4, -0.2) is 23.0 Å². The quantitative estimate of drug-likeness (QED) is 0.751. The van der Waals surface area contributed by atoms with E-state index in [4.69, 9.17) is 16.2 Å². The van der Waals surface area contributed by atoms with Crippen molar-refractivity contribution in [1.82, 2.24) is 9.97 Å². The number of hydrogen-bond acceptors (Lipinski definition) is 6. The van der Waals surface area contributed by atoms with E-state index in [-0.39, 0.29) is 0 Å². The average Bonchev–Trinajstić information content (AvgIpc) is 2.42. The van der Waals surface area contributed by atoms with Crippen LogP contribution in [-0.2, 0) is 0 Å². The Labute approximate surface area is 109 Å². The molecule has 19 heavy (non-hydrogen) atoms. The first kappa shape index (κ1) is 12.6. The van der Waals surface area contributed by atoms with E-state index in [1.807, 2.05) is 0 Å². The molecule has 0 aliphatic carbocycles. The van der Waals surface area contributed by atoms with Crippen molar-refractivity contribution in [2.45, 2.75) is 0 Å². The lowest BCUT2D eigenvalue weighted by Gasteiger charge is -2.10. The lowest BCUT2D eigenvalue weighted by Crippen LogP contribution is -2.10. The molecule has 0 aliphatic heterocycles. The third-order valence-corrected chi connectivity index (χ3v) is 2.47. The van der Waals surface area contributed by atoms with Crippen LogP contribution in [0, 0.1) is 0 Å². The molecule has 2 aromatic rings. The normalized spacial score (nSPS) is 9.95. The first-order valence-corrected chi connectivity index (χ1v) is 5.43. The van der Waals surface area contributed by atoms with E-state index in [0.29, 0.717) is 22.9 Å². The van der Waals surface area contributed by atoms with Crippen molar-refractivity contribution in [2.75, 3.05) is 18.2 Å². The summed E-state index contributed by atoms with van der Waals surface area (Å²) >= 11 is 0. The van der Waals surface area contributed by atoms with Crippen LogP contribution < -0.4 is 21.5 Å². The van der Waals surface area contributed by atoms with Gasteiger partial charge in [-0.3, -0.25) is 4.79 Å². The van der Waals surface area contributed by atoms with E-state index >= 15 is 0 Å². The number of nitrogens with one attached hydrogen (secondary N) is 1. The number of methoxy groups -OCH3 is 1. The van der Waals surface area contributed by atoms with Crippen molar-refractivity contribution < 1.29 is 9.53 Å².